The van der Waals surface area contributed by atoms with E-state index < -0.39 is 5.60 Å². The molecule has 23 heavy (non-hydrogen) atoms. The number of ether oxygens (including phenoxy) is 1. The topological polar surface area (TPSA) is 73.1 Å². The van der Waals surface area contributed by atoms with Gasteiger partial charge in [0.1, 0.15) is 11.5 Å². The van der Waals surface area contributed by atoms with Gasteiger partial charge in [-0.2, -0.15) is 0 Å². The second-order valence-corrected chi connectivity index (χ2v) is 5.50. The van der Waals surface area contributed by atoms with Gasteiger partial charge < -0.3 is 19.3 Å². The number of carbonyl (C=O) groups is 1. The van der Waals surface area contributed by atoms with Crippen LogP contribution in [-0.2, 0) is 16.2 Å². The highest BCUT2D eigenvalue weighted by molar-refractivity contribution is 6.07. The molecule has 0 saturated carbocycles. The number of methoxy groups -OCH3 is 1. The molecule has 0 saturated heterocycles. The van der Waals surface area contributed by atoms with Gasteiger partial charge in [-0.15, -0.1) is 0 Å². The number of hydrogen-bond donors (Lipinski definition) is 1. The monoisotopic (exact) mass is 314 g/mol. The van der Waals surface area contributed by atoms with Crippen LogP contribution in [0.4, 0.5) is 0 Å². The smallest absolute Gasteiger partial charge is 0.267 e. The van der Waals surface area contributed by atoms with Crippen LogP contribution in [0, 0.1) is 0 Å². The summed E-state index contributed by atoms with van der Waals surface area (Å²) >= 11 is 0. The fraction of sp³-hybridized carbons (Fsp3) is 0.294. The lowest BCUT2D eigenvalue weighted by molar-refractivity contribution is -0.141. The molecule has 1 N–H and O–H groups in total. The van der Waals surface area contributed by atoms with Crippen molar-refractivity contribution in [1.82, 2.24) is 5.32 Å². The first-order valence-electron chi connectivity index (χ1n) is 7.31. The molecule has 1 aliphatic heterocycles. The summed E-state index contributed by atoms with van der Waals surface area (Å²) in [4.78, 5) is 17.8. The predicted octanol–water partition coefficient (Wildman–Crippen LogP) is 2.49. The Morgan fingerprint density at radius 2 is 2.17 bits per heavy atom. The molecule has 0 spiro atoms. The molecule has 1 aliphatic rings. The van der Waals surface area contributed by atoms with Gasteiger partial charge in [0.15, 0.2) is 0 Å². The van der Waals surface area contributed by atoms with Crippen molar-refractivity contribution in [3.63, 3.8) is 0 Å². The molecule has 0 bridgehead atoms. The van der Waals surface area contributed by atoms with E-state index in [1.165, 1.54) is 0 Å². The third-order valence-corrected chi connectivity index (χ3v) is 3.76. The number of nitrogens with zero attached hydrogens (tertiary/aromatic N) is 1. The molecule has 120 valence electrons. The largest absolute Gasteiger partial charge is 0.496 e. The first kappa shape index (κ1) is 15.1. The minimum Gasteiger partial charge on any atom is -0.496 e. The normalized spacial score (nSPS) is 19.8. The Morgan fingerprint density at radius 1 is 1.35 bits per heavy atom. The van der Waals surface area contributed by atoms with Gasteiger partial charge in [-0.05, 0) is 31.2 Å². The van der Waals surface area contributed by atoms with Crippen LogP contribution >= 0.6 is 0 Å². The Balaban J connectivity index is 1.68. The Kier molecular flexibility index (Phi) is 4.06. The van der Waals surface area contributed by atoms with Gasteiger partial charge in [-0.1, -0.05) is 17.3 Å². The second kappa shape index (κ2) is 6.16. The van der Waals surface area contributed by atoms with E-state index in [0.29, 0.717) is 30.2 Å². The summed E-state index contributed by atoms with van der Waals surface area (Å²) in [6.45, 7) is 2.03. The number of amides is 1. The van der Waals surface area contributed by atoms with Crippen LogP contribution in [0.2, 0.25) is 0 Å². The molecule has 1 amide bonds. The molecule has 0 aliphatic carbocycles. The SMILES string of the molecule is COc1ccccc1C1=NOC(C)(C(=O)NCc2ccco2)C1. The van der Waals surface area contributed by atoms with Crippen LogP contribution in [0.1, 0.15) is 24.7 Å². The van der Waals surface area contributed by atoms with Crippen LogP contribution in [0.15, 0.2) is 52.2 Å². The Bertz CT molecular complexity index is 724. The van der Waals surface area contributed by atoms with Gasteiger partial charge in [0, 0.05) is 12.0 Å². The number of rotatable bonds is 5. The van der Waals surface area contributed by atoms with Crippen LogP contribution in [0.25, 0.3) is 0 Å². The third-order valence-electron chi connectivity index (χ3n) is 3.76. The van der Waals surface area contributed by atoms with Crippen molar-refractivity contribution in [2.45, 2.75) is 25.5 Å². The standard InChI is InChI=1S/C17H18N2O4/c1-17(16(20)18-11-12-6-5-9-22-12)10-14(19-23-17)13-7-3-4-8-15(13)21-2/h3-9H,10-11H2,1-2H3,(H,18,20). The molecular weight excluding hydrogens is 296 g/mol. The molecule has 0 fully saturated rings. The maximum Gasteiger partial charge on any atom is 0.267 e. The van der Waals surface area contributed by atoms with Crippen molar-refractivity contribution in [2.75, 3.05) is 7.11 Å². The summed E-state index contributed by atoms with van der Waals surface area (Å²) < 4.78 is 10.5. The minimum absolute atomic E-state index is 0.234. The zero-order chi connectivity index (χ0) is 16.3. The number of nitrogens with one attached hydrogen (secondary N) is 1. The molecule has 1 aromatic heterocycles. The van der Waals surface area contributed by atoms with Crippen LogP contribution in [-0.4, -0.2) is 24.3 Å². The summed E-state index contributed by atoms with van der Waals surface area (Å²) in [6, 6.07) is 11.1. The van der Waals surface area contributed by atoms with Crippen molar-refractivity contribution in [2.24, 2.45) is 5.16 Å². The van der Waals surface area contributed by atoms with E-state index in [1.807, 2.05) is 24.3 Å². The number of furan rings is 1. The zero-order valence-electron chi connectivity index (χ0n) is 13.0. The number of carbonyl (C=O) groups excluding carboxylic acids is 1. The highest BCUT2D eigenvalue weighted by Crippen LogP contribution is 2.30. The highest BCUT2D eigenvalue weighted by atomic mass is 16.7. The molecule has 1 atom stereocenters. The van der Waals surface area contributed by atoms with E-state index in [-0.39, 0.29) is 5.91 Å². The lowest BCUT2D eigenvalue weighted by Gasteiger charge is -2.20. The van der Waals surface area contributed by atoms with E-state index in [0.717, 1.165) is 5.56 Å². The van der Waals surface area contributed by atoms with Crippen LogP contribution in [0.5, 0.6) is 5.75 Å². The van der Waals surface area contributed by atoms with Crippen LogP contribution in [0.3, 0.4) is 0 Å². The Hall–Kier alpha value is -2.76. The molecule has 6 nitrogen and oxygen atoms in total. The maximum atomic E-state index is 12.4. The lowest BCUT2D eigenvalue weighted by atomic mass is 9.94. The van der Waals surface area contributed by atoms with Gasteiger partial charge in [0.25, 0.3) is 5.91 Å². The van der Waals surface area contributed by atoms with Gasteiger partial charge in [0.05, 0.1) is 25.6 Å². The molecule has 1 unspecified atom stereocenters. The molecule has 2 aromatic rings. The molecule has 6 heteroatoms. The molecule has 2 heterocycles. The van der Waals surface area contributed by atoms with E-state index in [4.69, 9.17) is 14.0 Å². The lowest BCUT2D eigenvalue weighted by Crippen LogP contribution is -2.44. The molecule has 3 rings (SSSR count). The number of benzene rings is 1. The summed E-state index contributed by atoms with van der Waals surface area (Å²) in [7, 11) is 1.60. The summed E-state index contributed by atoms with van der Waals surface area (Å²) in [6.07, 6.45) is 1.94. The van der Waals surface area contributed by atoms with Gasteiger partial charge in [-0.25, -0.2) is 0 Å². The number of para-hydroxylation sites is 1. The molecule has 1 aromatic carbocycles. The average Bonchev–Trinajstić information content (AvgIpc) is 3.23. The Morgan fingerprint density at radius 3 is 2.91 bits per heavy atom. The van der Waals surface area contributed by atoms with Crippen molar-refractivity contribution >= 4 is 11.6 Å². The average molecular weight is 314 g/mol. The second-order valence-electron chi connectivity index (χ2n) is 5.50. The summed E-state index contributed by atoms with van der Waals surface area (Å²) in [5.74, 6) is 1.16. The predicted molar refractivity (Wildman–Crippen MR) is 84.2 cm³/mol. The van der Waals surface area contributed by atoms with E-state index in [9.17, 15) is 4.79 Å². The first-order chi connectivity index (χ1) is 11.1. The van der Waals surface area contributed by atoms with E-state index in [2.05, 4.69) is 10.5 Å². The molecular formula is C17H18N2O4. The van der Waals surface area contributed by atoms with E-state index in [1.54, 1.807) is 32.4 Å². The number of hydrogen-bond acceptors (Lipinski definition) is 5. The molecule has 0 radical (unpaired) electrons. The summed E-state index contributed by atoms with van der Waals surface area (Å²) in [5.41, 5.74) is 0.485. The van der Waals surface area contributed by atoms with Gasteiger partial charge in [-0.3, -0.25) is 4.79 Å². The maximum absolute atomic E-state index is 12.4. The number of oxime groups is 1. The third kappa shape index (κ3) is 3.06. The fourth-order valence-electron chi connectivity index (χ4n) is 2.46. The van der Waals surface area contributed by atoms with Crippen molar-refractivity contribution in [3.05, 3.63) is 54.0 Å². The van der Waals surface area contributed by atoms with E-state index >= 15 is 0 Å². The minimum atomic E-state index is -1.04. The highest BCUT2D eigenvalue weighted by Gasteiger charge is 2.42. The fourth-order valence-corrected chi connectivity index (χ4v) is 2.46. The first-order valence-corrected chi connectivity index (χ1v) is 7.31. The quantitative estimate of drug-likeness (QED) is 0.920. The van der Waals surface area contributed by atoms with Gasteiger partial charge in [0.2, 0.25) is 5.60 Å². The summed E-state index contributed by atoms with van der Waals surface area (Å²) in [5, 5.41) is 6.89. The van der Waals surface area contributed by atoms with Crippen molar-refractivity contribution < 1.29 is 18.8 Å². The van der Waals surface area contributed by atoms with Crippen LogP contribution < -0.4 is 10.1 Å². The Labute approximate surface area is 134 Å². The van der Waals surface area contributed by atoms with Gasteiger partial charge >= 0.3 is 0 Å². The van der Waals surface area contributed by atoms with Crippen molar-refractivity contribution in [3.8, 4) is 5.75 Å². The van der Waals surface area contributed by atoms with Crippen molar-refractivity contribution in [1.29, 1.82) is 0 Å². The zero-order valence-corrected chi connectivity index (χ0v) is 13.0.